The summed E-state index contributed by atoms with van der Waals surface area (Å²) < 4.78 is 26.8. The van der Waals surface area contributed by atoms with Crippen molar-refractivity contribution in [3.8, 4) is 0 Å². The van der Waals surface area contributed by atoms with Gasteiger partial charge in [0.05, 0.1) is 12.2 Å². The number of halogens is 2. The van der Waals surface area contributed by atoms with E-state index in [1.165, 1.54) is 0 Å². The van der Waals surface area contributed by atoms with Crippen LogP contribution in [0.2, 0.25) is 0 Å². The Morgan fingerprint density at radius 1 is 0.862 bits per heavy atom. The Morgan fingerprint density at radius 3 is 2.38 bits per heavy atom. The molecule has 0 spiro atoms. The van der Waals surface area contributed by atoms with E-state index in [4.69, 9.17) is 0 Å². The molecule has 0 aliphatic rings. The Labute approximate surface area is 166 Å². The van der Waals surface area contributed by atoms with Crippen LogP contribution in [0.4, 0.5) is 25.8 Å². The first-order chi connectivity index (χ1) is 13.9. The quantitative estimate of drug-likeness (QED) is 0.572. The molecule has 2 amide bonds. The Morgan fingerprint density at radius 2 is 1.62 bits per heavy atom. The van der Waals surface area contributed by atoms with Crippen LogP contribution in [0.25, 0.3) is 0 Å². The largest absolute Gasteiger partial charge is 0.376 e. The highest BCUT2D eigenvalue weighted by atomic mass is 19.1. The average molecular weight is 395 g/mol. The van der Waals surface area contributed by atoms with Crippen molar-refractivity contribution in [2.75, 3.05) is 22.5 Å². The van der Waals surface area contributed by atoms with Crippen LogP contribution in [-0.4, -0.2) is 18.4 Å². The number of rotatable bonds is 6. The molecule has 0 radical (unpaired) electrons. The van der Waals surface area contributed by atoms with E-state index in [0.717, 1.165) is 23.8 Å². The predicted molar refractivity (Wildman–Crippen MR) is 109 cm³/mol. The van der Waals surface area contributed by atoms with Crippen molar-refractivity contribution in [1.82, 2.24) is 0 Å². The van der Waals surface area contributed by atoms with Crippen LogP contribution < -0.4 is 16.0 Å². The summed E-state index contributed by atoms with van der Waals surface area (Å²) >= 11 is 0. The minimum Gasteiger partial charge on any atom is -0.376 e. The fourth-order valence-corrected chi connectivity index (χ4v) is 2.64. The van der Waals surface area contributed by atoms with Gasteiger partial charge in [0.25, 0.3) is 5.91 Å². The van der Waals surface area contributed by atoms with Gasteiger partial charge in [0, 0.05) is 23.0 Å². The van der Waals surface area contributed by atoms with Crippen molar-refractivity contribution < 1.29 is 18.4 Å². The minimum absolute atomic E-state index is 0.180. The average Bonchev–Trinajstić information content (AvgIpc) is 2.71. The van der Waals surface area contributed by atoms with Crippen LogP contribution in [0.15, 0.2) is 66.7 Å². The molecule has 0 aliphatic carbocycles. The van der Waals surface area contributed by atoms with E-state index in [1.54, 1.807) is 30.3 Å². The number of nitrogens with one attached hydrogen (secondary N) is 3. The van der Waals surface area contributed by atoms with E-state index in [1.807, 2.05) is 25.1 Å². The van der Waals surface area contributed by atoms with E-state index in [-0.39, 0.29) is 18.1 Å². The zero-order chi connectivity index (χ0) is 20.8. The maximum absolute atomic E-state index is 13.6. The summed E-state index contributed by atoms with van der Waals surface area (Å²) in [6, 6.07) is 16.9. The van der Waals surface area contributed by atoms with Gasteiger partial charge in [-0.25, -0.2) is 8.78 Å². The Hall–Kier alpha value is -3.74. The zero-order valence-electron chi connectivity index (χ0n) is 15.6. The number of amides is 2. The molecule has 3 rings (SSSR count). The normalized spacial score (nSPS) is 10.3. The highest BCUT2D eigenvalue weighted by Gasteiger charge is 2.11. The van der Waals surface area contributed by atoms with Crippen LogP contribution in [0.1, 0.15) is 15.9 Å². The van der Waals surface area contributed by atoms with Gasteiger partial charge in [0.1, 0.15) is 11.6 Å². The SMILES string of the molecule is Cc1ccc(C(=O)Nc2ccccc2)cc1NCC(=O)Nc1cc(F)ccc1F. The van der Waals surface area contributed by atoms with E-state index in [0.29, 0.717) is 16.9 Å². The Bertz CT molecular complexity index is 1040. The van der Waals surface area contributed by atoms with Gasteiger partial charge in [-0.05, 0) is 48.9 Å². The molecule has 0 saturated heterocycles. The highest BCUT2D eigenvalue weighted by Crippen LogP contribution is 2.19. The molecule has 7 heteroatoms. The molecule has 148 valence electrons. The van der Waals surface area contributed by atoms with Gasteiger partial charge >= 0.3 is 0 Å². The second-order valence-corrected chi connectivity index (χ2v) is 6.38. The topological polar surface area (TPSA) is 70.2 Å². The Kier molecular flexibility index (Phi) is 6.19. The summed E-state index contributed by atoms with van der Waals surface area (Å²) in [6.07, 6.45) is 0. The molecule has 29 heavy (non-hydrogen) atoms. The van der Waals surface area contributed by atoms with Crippen LogP contribution in [0, 0.1) is 18.6 Å². The summed E-state index contributed by atoms with van der Waals surface area (Å²) in [5.41, 5.74) is 2.26. The lowest BCUT2D eigenvalue weighted by molar-refractivity contribution is -0.114. The number of para-hydroxylation sites is 1. The maximum atomic E-state index is 13.6. The van der Waals surface area contributed by atoms with E-state index in [9.17, 15) is 18.4 Å². The van der Waals surface area contributed by atoms with E-state index < -0.39 is 17.5 Å². The number of anilines is 3. The van der Waals surface area contributed by atoms with Crippen LogP contribution in [0.3, 0.4) is 0 Å². The number of benzene rings is 3. The van der Waals surface area contributed by atoms with Gasteiger partial charge in [0.15, 0.2) is 0 Å². The summed E-state index contributed by atoms with van der Waals surface area (Å²) in [5, 5.41) is 8.02. The number of carbonyl (C=O) groups excluding carboxylic acids is 2. The molecule has 0 saturated carbocycles. The minimum atomic E-state index is -0.726. The molecule has 3 aromatic rings. The summed E-state index contributed by atoms with van der Waals surface area (Å²) in [7, 11) is 0. The van der Waals surface area contributed by atoms with Crippen molar-refractivity contribution >= 4 is 28.9 Å². The van der Waals surface area contributed by atoms with Gasteiger partial charge in [-0.2, -0.15) is 0 Å². The third kappa shape index (κ3) is 5.38. The molecule has 0 aromatic heterocycles. The lowest BCUT2D eigenvalue weighted by atomic mass is 10.1. The molecule has 0 fully saturated rings. The predicted octanol–water partition coefficient (Wildman–Crippen LogP) is 4.58. The van der Waals surface area contributed by atoms with Gasteiger partial charge in [-0.3, -0.25) is 9.59 Å². The fraction of sp³-hybridized carbons (Fsp3) is 0.0909. The van der Waals surface area contributed by atoms with E-state index in [2.05, 4.69) is 16.0 Å². The molecule has 3 aromatic carbocycles. The van der Waals surface area contributed by atoms with Crippen molar-refractivity contribution in [3.05, 3.63) is 89.5 Å². The van der Waals surface area contributed by atoms with Crippen LogP contribution in [0.5, 0.6) is 0 Å². The summed E-state index contributed by atoms with van der Waals surface area (Å²) in [4.78, 5) is 24.5. The molecule has 0 heterocycles. The first-order valence-electron chi connectivity index (χ1n) is 8.88. The van der Waals surface area contributed by atoms with Crippen LogP contribution >= 0.6 is 0 Å². The maximum Gasteiger partial charge on any atom is 0.255 e. The first-order valence-corrected chi connectivity index (χ1v) is 8.88. The second-order valence-electron chi connectivity index (χ2n) is 6.38. The molecule has 0 aliphatic heterocycles. The molecule has 5 nitrogen and oxygen atoms in total. The number of aryl methyl sites for hydroxylation is 1. The lowest BCUT2D eigenvalue weighted by Gasteiger charge is -2.12. The standard InChI is InChI=1S/C22H19F2N3O2/c1-14-7-8-15(22(29)26-17-5-3-2-4-6-17)11-19(14)25-13-21(28)27-20-12-16(23)9-10-18(20)24/h2-12,25H,13H2,1H3,(H,26,29)(H,27,28). The third-order valence-corrected chi connectivity index (χ3v) is 4.17. The highest BCUT2D eigenvalue weighted by molar-refractivity contribution is 6.05. The molecular formula is C22H19F2N3O2. The lowest BCUT2D eigenvalue weighted by Crippen LogP contribution is -2.23. The molecular weight excluding hydrogens is 376 g/mol. The van der Waals surface area contributed by atoms with Crippen LogP contribution in [-0.2, 0) is 4.79 Å². The van der Waals surface area contributed by atoms with Gasteiger partial charge in [0.2, 0.25) is 5.91 Å². The first kappa shape index (κ1) is 20.0. The Balaban J connectivity index is 1.64. The smallest absolute Gasteiger partial charge is 0.255 e. The molecule has 3 N–H and O–H groups in total. The second kappa shape index (κ2) is 8.97. The van der Waals surface area contributed by atoms with E-state index >= 15 is 0 Å². The van der Waals surface area contributed by atoms with Gasteiger partial charge in [-0.15, -0.1) is 0 Å². The van der Waals surface area contributed by atoms with Crippen molar-refractivity contribution in [2.45, 2.75) is 6.92 Å². The van der Waals surface area contributed by atoms with Gasteiger partial charge < -0.3 is 16.0 Å². The third-order valence-electron chi connectivity index (χ3n) is 4.17. The summed E-state index contributed by atoms with van der Waals surface area (Å²) in [5.74, 6) is -2.21. The number of hydrogen-bond donors (Lipinski definition) is 3. The monoisotopic (exact) mass is 395 g/mol. The van der Waals surface area contributed by atoms with Crippen molar-refractivity contribution in [2.24, 2.45) is 0 Å². The fourth-order valence-electron chi connectivity index (χ4n) is 2.64. The number of hydrogen-bond acceptors (Lipinski definition) is 3. The van der Waals surface area contributed by atoms with Gasteiger partial charge in [-0.1, -0.05) is 24.3 Å². The number of carbonyl (C=O) groups is 2. The molecule has 0 atom stereocenters. The van der Waals surface area contributed by atoms with Crippen molar-refractivity contribution in [3.63, 3.8) is 0 Å². The zero-order valence-corrected chi connectivity index (χ0v) is 15.6. The van der Waals surface area contributed by atoms with Crippen molar-refractivity contribution in [1.29, 1.82) is 0 Å². The summed E-state index contributed by atoms with van der Waals surface area (Å²) in [6.45, 7) is 1.64. The molecule has 0 bridgehead atoms. The molecule has 0 unspecified atom stereocenters.